The predicted molar refractivity (Wildman–Crippen MR) is 64.9 cm³/mol. The van der Waals surface area contributed by atoms with Gasteiger partial charge in [-0.25, -0.2) is 0 Å². The molecule has 1 aliphatic rings. The molecule has 1 heterocycles. The van der Waals surface area contributed by atoms with Crippen LogP contribution in [0.2, 0.25) is 0 Å². The van der Waals surface area contributed by atoms with Gasteiger partial charge < -0.3 is 5.32 Å². The summed E-state index contributed by atoms with van der Waals surface area (Å²) in [5.41, 5.74) is 0.0604. The van der Waals surface area contributed by atoms with Gasteiger partial charge in [-0.2, -0.15) is 0 Å². The lowest BCUT2D eigenvalue weighted by Crippen LogP contribution is -2.30. The molecule has 6 nitrogen and oxygen atoms in total. The average Bonchev–Trinajstić information content (AvgIpc) is 2.63. The highest BCUT2D eigenvalue weighted by Gasteiger charge is 2.26. The molecule has 94 valence electrons. The second kappa shape index (κ2) is 4.73. The van der Waals surface area contributed by atoms with Crippen molar-refractivity contribution < 1.29 is 4.92 Å². The van der Waals surface area contributed by atoms with E-state index in [9.17, 15) is 10.1 Å². The lowest BCUT2D eigenvalue weighted by atomic mass is 9.86. The van der Waals surface area contributed by atoms with Crippen LogP contribution in [0.3, 0.4) is 0 Å². The Morgan fingerprint density at radius 3 is 2.88 bits per heavy atom. The van der Waals surface area contributed by atoms with E-state index in [0.717, 1.165) is 6.42 Å². The van der Waals surface area contributed by atoms with E-state index in [1.54, 1.807) is 7.05 Å². The molecule has 0 aromatic carbocycles. The van der Waals surface area contributed by atoms with Gasteiger partial charge in [0.1, 0.15) is 6.20 Å². The summed E-state index contributed by atoms with van der Waals surface area (Å²) in [6.07, 6.45) is 6.12. The first-order valence-electron chi connectivity index (χ1n) is 6.02. The summed E-state index contributed by atoms with van der Waals surface area (Å²) in [5, 5.41) is 18.2. The van der Waals surface area contributed by atoms with Gasteiger partial charge in [0, 0.05) is 13.1 Å². The smallest absolute Gasteiger partial charge is 0.330 e. The van der Waals surface area contributed by atoms with E-state index in [0.29, 0.717) is 17.8 Å². The molecule has 1 saturated carbocycles. The zero-order chi connectivity index (χ0) is 12.4. The minimum atomic E-state index is -0.386. The van der Waals surface area contributed by atoms with Gasteiger partial charge in [0.2, 0.25) is 5.82 Å². The Morgan fingerprint density at radius 1 is 1.53 bits per heavy atom. The maximum Gasteiger partial charge on any atom is 0.330 e. The quantitative estimate of drug-likeness (QED) is 0.647. The molecule has 1 fully saturated rings. The Labute approximate surface area is 100 Å². The zero-order valence-electron chi connectivity index (χ0n) is 10.2. The van der Waals surface area contributed by atoms with E-state index in [-0.39, 0.29) is 10.6 Å². The van der Waals surface area contributed by atoms with E-state index in [1.807, 2.05) is 0 Å². The van der Waals surface area contributed by atoms with Crippen molar-refractivity contribution in [2.45, 2.75) is 38.6 Å². The van der Waals surface area contributed by atoms with Gasteiger partial charge in [0.25, 0.3) is 0 Å². The Morgan fingerprint density at radius 2 is 2.24 bits per heavy atom. The highest BCUT2D eigenvalue weighted by atomic mass is 16.6. The Bertz CT molecular complexity index is 416. The molecule has 17 heavy (non-hydrogen) atoms. The third-order valence-electron chi connectivity index (χ3n) is 3.44. The molecule has 0 aliphatic heterocycles. The fourth-order valence-electron chi connectivity index (χ4n) is 2.42. The minimum absolute atomic E-state index is 0.0604. The van der Waals surface area contributed by atoms with Crippen LogP contribution >= 0.6 is 0 Å². The molecule has 0 saturated heterocycles. The highest BCUT2D eigenvalue weighted by molar-refractivity contribution is 5.55. The van der Waals surface area contributed by atoms with Gasteiger partial charge in [-0.15, -0.1) is 5.10 Å². The normalized spacial score (nSPS) is 24.6. The summed E-state index contributed by atoms with van der Waals surface area (Å²) >= 11 is 0. The fraction of sp³-hybridized carbons (Fsp3) is 0.727. The van der Waals surface area contributed by atoms with Gasteiger partial charge in [0.05, 0.1) is 4.92 Å². The molecule has 2 unspecified atom stereocenters. The molecule has 1 aromatic rings. The van der Waals surface area contributed by atoms with Crippen molar-refractivity contribution in [2.24, 2.45) is 13.0 Å². The van der Waals surface area contributed by atoms with Crippen molar-refractivity contribution in [2.75, 3.05) is 5.32 Å². The van der Waals surface area contributed by atoms with E-state index in [1.165, 1.54) is 30.1 Å². The molecular weight excluding hydrogens is 220 g/mol. The van der Waals surface area contributed by atoms with Gasteiger partial charge >= 0.3 is 5.69 Å². The molecule has 1 aliphatic carbocycles. The van der Waals surface area contributed by atoms with Crippen molar-refractivity contribution >= 4 is 11.5 Å². The van der Waals surface area contributed by atoms with Crippen LogP contribution in [-0.4, -0.2) is 20.7 Å². The third-order valence-corrected chi connectivity index (χ3v) is 3.44. The first kappa shape index (κ1) is 11.9. The van der Waals surface area contributed by atoms with E-state index in [2.05, 4.69) is 17.3 Å². The molecule has 2 rings (SSSR count). The van der Waals surface area contributed by atoms with Gasteiger partial charge in [-0.05, 0) is 18.8 Å². The number of anilines is 1. The summed E-state index contributed by atoms with van der Waals surface area (Å²) in [6.45, 7) is 2.19. The van der Waals surface area contributed by atoms with Crippen LogP contribution in [0, 0.1) is 16.0 Å². The van der Waals surface area contributed by atoms with Crippen LogP contribution < -0.4 is 5.32 Å². The molecular formula is C11H18N4O2. The Balaban J connectivity index is 2.14. The first-order valence-corrected chi connectivity index (χ1v) is 6.02. The molecule has 0 spiro atoms. The summed E-state index contributed by atoms with van der Waals surface area (Å²) in [4.78, 5) is 10.5. The molecule has 6 heteroatoms. The number of aryl methyl sites for hydroxylation is 1. The van der Waals surface area contributed by atoms with E-state index in [4.69, 9.17) is 0 Å². The lowest BCUT2D eigenvalue weighted by molar-refractivity contribution is -0.384. The van der Waals surface area contributed by atoms with Crippen molar-refractivity contribution in [3.63, 3.8) is 0 Å². The van der Waals surface area contributed by atoms with E-state index < -0.39 is 0 Å². The van der Waals surface area contributed by atoms with Crippen LogP contribution in [0.1, 0.15) is 32.6 Å². The summed E-state index contributed by atoms with van der Waals surface area (Å²) in [6, 6.07) is 0.303. The highest BCUT2D eigenvalue weighted by Crippen LogP contribution is 2.29. The summed E-state index contributed by atoms with van der Waals surface area (Å²) in [5.74, 6) is 0.946. The van der Waals surface area contributed by atoms with E-state index >= 15 is 0 Å². The number of hydrogen-bond donors (Lipinski definition) is 1. The van der Waals surface area contributed by atoms with Crippen molar-refractivity contribution in [1.82, 2.24) is 9.78 Å². The second-order valence-corrected chi connectivity index (χ2v) is 4.81. The molecule has 0 amide bonds. The van der Waals surface area contributed by atoms with Gasteiger partial charge in [-0.1, -0.05) is 19.8 Å². The van der Waals surface area contributed by atoms with Crippen LogP contribution in [0.25, 0.3) is 0 Å². The summed E-state index contributed by atoms with van der Waals surface area (Å²) < 4.78 is 1.48. The molecule has 1 N–H and O–H groups in total. The Kier molecular flexibility index (Phi) is 3.31. The van der Waals surface area contributed by atoms with Crippen molar-refractivity contribution in [3.8, 4) is 0 Å². The monoisotopic (exact) mass is 238 g/mol. The number of nitrogens with one attached hydrogen (secondary N) is 1. The number of nitrogens with zero attached hydrogens (tertiary/aromatic N) is 3. The SMILES string of the molecule is CC1CCCCC1Nc1nn(C)cc1[N+](=O)[O-]. The van der Waals surface area contributed by atoms with Gasteiger partial charge in [-0.3, -0.25) is 14.8 Å². The molecule has 0 radical (unpaired) electrons. The van der Waals surface area contributed by atoms with Gasteiger partial charge in [0.15, 0.2) is 0 Å². The van der Waals surface area contributed by atoms with Crippen molar-refractivity contribution in [3.05, 3.63) is 16.3 Å². The zero-order valence-corrected chi connectivity index (χ0v) is 10.2. The Hall–Kier alpha value is -1.59. The number of nitro groups is 1. The molecule has 0 bridgehead atoms. The van der Waals surface area contributed by atoms with Crippen LogP contribution in [-0.2, 0) is 7.05 Å². The lowest BCUT2D eigenvalue weighted by Gasteiger charge is -2.29. The molecule has 2 atom stereocenters. The summed E-state index contributed by atoms with van der Waals surface area (Å²) in [7, 11) is 1.70. The maximum absolute atomic E-state index is 10.9. The van der Waals surface area contributed by atoms with Crippen LogP contribution in [0.4, 0.5) is 11.5 Å². The third kappa shape index (κ3) is 2.57. The van der Waals surface area contributed by atoms with Crippen LogP contribution in [0.5, 0.6) is 0 Å². The number of aromatic nitrogens is 2. The largest absolute Gasteiger partial charge is 0.360 e. The van der Waals surface area contributed by atoms with Crippen molar-refractivity contribution in [1.29, 1.82) is 0 Å². The standard InChI is InChI=1S/C11H18N4O2/c1-8-5-3-4-6-9(8)12-11-10(15(16)17)7-14(2)13-11/h7-9H,3-6H2,1-2H3,(H,12,13). The predicted octanol–water partition coefficient (Wildman–Crippen LogP) is 2.32. The number of rotatable bonds is 3. The topological polar surface area (TPSA) is 73.0 Å². The number of hydrogen-bond acceptors (Lipinski definition) is 4. The second-order valence-electron chi connectivity index (χ2n) is 4.81. The average molecular weight is 238 g/mol. The molecule has 1 aromatic heterocycles. The van der Waals surface area contributed by atoms with Crippen LogP contribution in [0.15, 0.2) is 6.20 Å². The minimum Gasteiger partial charge on any atom is -0.360 e. The fourth-order valence-corrected chi connectivity index (χ4v) is 2.42. The first-order chi connectivity index (χ1) is 8.08. The maximum atomic E-state index is 10.9.